The highest BCUT2D eigenvalue weighted by Gasteiger charge is 2.47. The minimum atomic E-state index is -3.61. The highest BCUT2D eigenvalue weighted by Crippen LogP contribution is 2.45. The summed E-state index contributed by atoms with van der Waals surface area (Å²) in [6.45, 7) is 7.49. The summed E-state index contributed by atoms with van der Waals surface area (Å²) in [5.74, 6) is -2.56. The van der Waals surface area contributed by atoms with Crippen molar-refractivity contribution in [3.63, 3.8) is 0 Å². The Bertz CT molecular complexity index is 1530. The molecule has 48 heavy (non-hydrogen) atoms. The van der Waals surface area contributed by atoms with E-state index in [-0.39, 0.29) is 35.8 Å². The quantitative estimate of drug-likeness (QED) is 0.281. The molecule has 0 saturated carbocycles. The van der Waals surface area contributed by atoms with Gasteiger partial charge in [-0.3, -0.25) is 9.69 Å². The smallest absolute Gasteiger partial charge is 0.282 e. The maximum Gasteiger partial charge on any atom is 0.282 e. The Morgan fingerprint density at radius 3 is 2.58 bits per heavy atom. The van der Waals surface area contributed by atoms with Gasteiger partial charge in [-0.05, 0) is 64.4 Å². The first-order chi connectivity index (χ1) is 22.7. The zero-order valence-electron chi connectivity index (χ0n) is 27.2. The lowest BCUT2D eigenvalue weighted by Crippen LogP contribution is -2.62. The van der Waals surface area contributed by atoms with Crippen LogP contribution in [0, 0.1) is 11.2 Å². The van der Waals surface area contributed by atoms with Gasteiger partial charge in [0.1, 0.15) is 17.9 Å². The lowest BCUT2D eigenvalue weighted by atomic mass is 9.72. The van der Waals surface area contributed by atoms with E-state index in [1.54, 1.807) is 20.8 Å². The van der Waals surface area contributed by atoms with Crippen LogP contribution in [0.2, 0.25) is 0 Å². The third-order valence-electron chi connectivity index (χ3n) is 9.00. The average Bonchev–Trinajstić information content (AvgIpc) is 3.01. The molecule has 266 valence electrons. The number of carbonyl (C=O) groups excluding carboxylic acids is 1. The molecule has 3 saturated heterocycles. The van der Waals surface area contributed by atoms with E-state index >= 15 is 0 Å². The molecule has 1 spiro atoms. The number of hydrogen-bond acceptors (Lipinski definition) is 11. The molecule has 0 bridgehead atoms. The molecule has 4 heterocycles. The maximum absolute atomic E-state index is 14.2. The molecule has 2 aromatic rings. The Morgan fingerprint density at radius 1 is 1.23 bits per heavy atom. The number of anilines is 1. The number of halogens is 3. The van der Waals surface area contributed by atoms with Crippen molar-refractivity contribution in [3.8, 4) is 11.6 Å². The topological polar surface area (TPSA) is 162 Å². The predicted molar refractivity (Wildman–Crippen MR) is 168 cm³/mol. The van der Waals surface area contributed by atoms with Gasteiger partial charge >= 0.3 is 0 Å². The molecule has 1 aromatic heterocycles. The van der Waals surface area contributed by atoms with Crippen molar-refractivity contribution >= 4 is 21.9 Å². The van der Waals surface area contributed by atoms with Crippen molar-refractivity contribution in [3.05, 3.63) is 35.9 Å². The van der Waals surface area contributed by atoms with Gasteiger partial charge in [-0.25, -0.2) is 22.9 Å². The average molecular weight is 701 g/mol. The van der Waals surface area contributed by atoms with Crippen molar-refractivity contribution in [1.29, 1.82) is 0 Å². The first kappa shape index (κ1) is 36.1. The number of hydrogen-bond donors (Lipinski definition) is 3. The van der Waals surface area contributed by atoms with Crippen LogP contribution in [0.25, 0.3) is 0 Å². The second-order valence-corrected chi connectivity index (χ2v) is 14.5. The number of β-amino-alcohol motifs (C(OH)–C–C–N with tert-alkyl or cyclic N) is 1. The summed E-state index contributed by atoms with van der Waals surface area (Å²) in [5.41, 5.74) is -0.226. The molecule has 3 N–H and O–H groups in total. The first-order valence-corrected chi connectivity index (χ1v) is 17.5. The van der Waals surface area contributed by atoms with Crippen LogP contribution in [0.4, 0.5) is 19.0 Å². The molecule has 0 aliphatic carbocycles. The van der Waals surface area contributed by atoms with Crippen molar-refractivity contribution in [2.45, 2.75) is 70.8 Å². The molecule has 2 atom stereocenters. The zero-order chi connectivity index (χ0) is 34.7. The number of amides is 1. The molecular formula is C30H43F3N8O6S. The van der Waals surface area contributed by atoms with Gasteiger partial charge in [0.05, 0.1) is 25.3 Å². The number of nitrogens with zero attached hydrogens (tertiary/aromatic N) is 6. The monoisotopic (exact) mass is 700 g/mol. The number of likely N-dealkylation sites (tertiary alicyclic amines) is 1. The van der Waals surface area contributed by atoms with Gasteiger partial charge in [-0.1, -0.05) is 6.92 Å². The standard InChI is InChI=1S/C30H43F3N8O6S/c1-4-36-48(44,45)38-22-7-8-30(43,46-15-22)18-39-11-9-29(10-12-39)16-40(17-29)26-27(37-35-19-34-26)47-24-6-5-21(31)13-23(24)28(42)41(20(2)3)14-25(32)33/h5-6,13,19-20,22,25,36,38,43H,4,7-12,14-18H2,1-3H3/t22-,30-/m1/s1. The van der Waals surface area contributed by atoms with Crippen LogP contribution in [-0.2, 0) is 14.9 Å². The number of carbonyl (C=O) groups is 1. The number of benzene rings is 1. The second-order valence-electron chi connectivity index (χ2n) is 13.0. The summed E-state index contributed by atoms with van der Waals surface area (Å²) in [7, 11) is -3.61. The van der Waals surface area contributed by atoms with Crippen molar-refractivity contribution in [1.82, 2.24) is 34.4 Å². The van der Waals surface area contributed by atoms with E-state index in [0.29, 0.717) is 38.3 Å². The molecule has 5 rings (SSSR count). The van der Waals surface area contributed by atoms with Crippen LogP contribution in [0.1, 0.15) is 56.8 Å². The largest absolute Gasteiger partial charge is 0.434 e. The molecule has 3 aliphatic rings. The zero-order valence-corrected chi connectivity index (χ0v) is 28.1. The molecule has 1 aromatic carbocycles. The summed E-state index contributed by atoms with van der Waals surface area (Å²) in [6, 6.07) is 2.33. The first-order valence-electron chi connectivity index (χ1n) is 16.1. The van der Waals surface area contributed by atoms with Crippen molar-refractivity contribution in [2.24, 2.45) is 5.41 Å². The van der Waals surface area contributed by atoms with Crippen LogP contribution < -0.4 is 19.1 Å². The van der Waals surface area contributed by atoms with Gasteiger partial charge in [-0.15, -0.1) is 10.2 Å². The Labute approximate surface area is 278 Å². The Morgan fingerprint density at radius 2 is 1.96 bits per heavy atom. The van der Waals surface area contributed by atoms with E-state index in [1.165, 1.54) is 12.4 Å². The van der Waals surface area contributed by atoms with Gasteiger partial charge < -0.3 is 24.4 Å². The Hall–Kier alpha value is -3.16. The van der Waals surface area contributed by atoms with Gasteiger partial charge in [0, 0.05) is 43.6 Å². The lowest BCUT2D eigenvalue weighted by molar-refractivity contribution is -0.239. The third-order valence-corrected chi connectivity index (χ3v) is 10.3. The molecule has 18 heteroatoms. The van der Waals surface area contributed by atoms with E-state index in [4.69, 9.17) is 9.47 Å². The van der Waals surface area contributed by atoms with Crippen molar-refractivity contribution in [2.75, 3.05) is 57.3 Å². The third kappa shape index (κ3) is 8.70. The van der Waals surface area contributed by atoms with Crippen LogP contribution in [0.3, 0.4) is 0 Å². The summed E-state index contributed by atoms with van der Waals surface area (Å²) in [4.78, 5) is 22.7. The fourth-order valence-corrected chi connectivity index (χ4v) is 7.57. The number of rotatable bonds is 13. The van der Waals surface area contributed by atoms with E-state index in [0.717, 1.165) is 43.0 Å². The fourth-order valence-electron chi connectivity index (χ4n) is 6.48. The normalized spacial score (nSPS) is 23.0. The fraction of sp³-hybridized carbons (Fsp3) is 0.667. The number of ether oxygens (including phenoxy) is 2. The predicted octanol–water partition coefficient (Wildman–Crippen LogP) is 2.13. The van der Waals surface area contributed by atoms with E-state index < -0.39 is 52.8 Å². The van der Waals surface area contributed by atoms with Gasteiger partial charge in [0.2, 0.25) is 0 Å². The Kier molecular flexibility index (Phi) is 11.1. The number of piperidine rings is 1. The molecule has 14 nitrogen and oxygen atoms in total. The minimum absolute atomic E-state index is 0.00172. The summed E-state index contributed by atoms with van der Waals surface area (Å²) >= 11 is 0. The SMILES string of the molecule is CCNS(=O)(=O)N[C@@H]1CC[C@](O)(CN2CCC3(CC2)CN(c2ncnnc2Oc2ccc(F)cc2C(=O)N(CC(F)F)C(C)C)C3)OC1. The molecule has 3 fully saturated rings. The number of nitrogens with one attached hydrogen (secondary N) is 2. The summed E-state index contributed by atoms with van der Waals surface area (Å²) in [6.07, 6.45) is 0.957. The van der Waals surface area contributed by atoms with E-state index in [9.17, 15) is 31.5 Å². The minimum Gasteiger partial charge on any atom is -0.434 e. The second kappa shape index (κ2) is 14.8. The summed E-state index contributed by atoms with van der Waals surface area (Å²) < 4.78 is 81.4. The van der Waals surface area contributed by atoms with Gasteiger partial charge in [-0.2, -0.15) is 13.1 Å². The van der Waals surface area contributed by atoms with Crippen molar-refractivity contribution < 1.29 is 41.0 Å². The molecule has 3 aliphatic heterocycles. The summed E-state index contributed by atoms with van der Waals surface area (Å²) in [5, 5.41) is 19.0. The lowest BCUT2D eigenvalue weighted by Gasteiger charge is -2.55. The van der Waals surface area contributed by atoms with E-state index in [2.05, 4.69) is 29.5 Å². The van der Waals surface area contributed by atoms with Gasteiger partial charge in [0.15, 0.2) is 11.6 Å². The number of aliphatic hydroxyl groups is 1. The van der Waals surface area contributed by atoms with Crippen LogP contribution >= 0.6 is 0 Å². The number of aromatic nitrogens is 3. The Balaban J connectivity index is 1.17. The molecule has 0 unspecified atom stereocenters. The van der Waals surface area contributed by atoms with Gasteiger partial charge in [0.25, 0.3) is 28.4 Å². The van der Waals surface area contributed by atoms with Crippen LogP contribution in [0.15, 0.2) is 24.5 Å². The highest BCUT2D eigenvalue weighted by atomic mass is 32.2. The van der Waals surface area contributed by atoms with Crippen LogP contribution in [0.5, 0.6) is 11.6 Å². The number of alkyl halides is 2. The molecular weight excluding hydrogens is 657 g/mol. The highest BCUT2D eigenvalue weighted by molar-refractivity contribution is 7.87. The van der Waals surface area contributed by atoms with Crippen LogP contribution in [-0.4, -0.2) is 121 Å². The molecule has 0 radical (unpaired) electrons. The maximum atomic E-state index is 14.2. The van der Waals surface area contributed by atoms with E-state index in [1.807, 2.05) is 4.90 Å². The molecule has 1 amide bonds.